The molecular formula is C9H14N4O3. The maximum absolute atomic E-state index is 11.6. The summed E-state index contributed by atoms with van der Waals surface area (Å²) in [4.78, 5) is 26.0. The van der Waals surface area contributed by atoms with Crippen molar-refractivity contribution in [2.24, 2.45) is 5.73 Å². The summed E-state index contributed by atoms with van der Waals surface area (Å²) >= 11 is 0. The van der Waals surface area contributed by atoms with Gasteiger partial charge >= 0.3 is 0 Å². The first kappa shape index (κ1) is 12.2. The molecule has 0 aliphatic carbocycles. The second-order valence-electron chi connectivity index (χ2n) is 3.17. The van der Waals surface area contributed by atoms with Gasteiger partial charge in [0.25, 0.3) is 5.56 Å². The Kier molecular flexibility index (Phi) is 4.01. The number of carbonyl (C=O) groups is 1. The third-order valence-corrected chi connectivity index (χ3v) is 2.05. The van der Waals surface area contributed by atoms with Crippen molar-refractivity contribution < 1.29 is 9.90 Å². The van der Waals surface area contributed by atoms with Gasteiger partial charge in [0.05, 0.1) is 6.54 Å². The zero-order valence-corrected chi connectivity index (χ0v) is 8.88. The van der Waals surface area contributed by atoms with E-state index in [1.54, 1.807) is 6.20 Å². The fraction of sp³-hybridized carbons (Fsp3) is 0.444. The number of aryl methyl sites for hydroxylation is 1. The lowest BCUT2D eigenvalue weighted by molar-refractivity contribution is -0.125. The summed E-state index contributed by atoms with van der Waals surface area (Å²) in [6.07, 6.45) is 1.68. The molecule has 1 aromatic heterocycles. The summed E-state index contributed by atoms with van der Waals surface area (Å²) in [5.41, 5.74) is 4.56. The first-order valence-electron chi connectivity index (χ1n) is 4.83. The number of anilines is 1. The first-order chi connectivity index (χ1) is 7.56. The summed E-state index contributed by atoms with van der Waals surface area (Å²) in [5, 5.41) is 11.7. The fourth-order valence-corrected chi connectivity index (χ4v) is 1.11. The number of aliphatic hydroxyl groups is 1. The van der Waals surface area contributed by atoms with Crippen molar-refractivity contribution in [3.05, 3.63) is 22.7 Å². The highest BCUT2D eigenvalue weighted by atomic mass is 16.3. The Morgan fingerprint density at radius 1 is 1.75 bits per heavy atom. The highest BCUT2D eigenvalue weighted by Gasteiger charge is 2.11. The van der Waals surface area contributed by atoms with Gasteiger partial charge in [-0.2, -0.15) is 0 Å². The predicted octanol–water partition coefficient (Wildman–Crippen LogP) is -1.48. The number of aromatic nitrogens is 2. The highest BCUT2D eigenvalue weighted by Crippen LogP contribution is 1.93. The Labute approximate surface area is 91.9 Å². The predicted molar refractivity (Wildman–Crippen MR) is 57.9 cm³/mol. The smallest absolute Gasteiger partial charge is 0.293 e. The number of hydrogen-bond acceptors (Lipinski definition) is 5. The van der Waals surface area contributed by atoms with Crippen LogP contribution < -0.4 is 16.6 Å². The van der Waals surface area contributed by atoms with E-state index in [2.05, 4.69) is 10.3 Å². The second kappa shape index (κ2) is 5.26. The van der Waals surface area contributed by atoms with E-state index in [4.69, 9.17) is 10.8 Å². The van der Waals surface area contributed by atoms with Gasteiger partial charge in [0.15, 0.2) is 5.82 Å². The first-order valence-corrected chi connectivity index (χ1v) is 4.83. The van der Waals surface area contributed by atoms with Crippen LogP contribution in [0, 0.1) is 0 Å². The largest absolute Gasteiger partial charge is 0.381 e. The molecule has 4 N–H and O–H groups in total. The molecule has 0 radical (unpaired) electrons. The van der Waals surface area contributed by atoms with Gasteiger partial charge in [-0.1, -0.05) is 0 Å². The van der Waals surface area contributed by atoms with Crippen LogP contribution in [0.5, 0.6) is 0 Å². The number of carbonyl (C=O) groups excluding carboxylic acids is 1. The average molecular weight is 226 g/mol. The normalized spacial score (nSPS) is 12.1. The lowest BCUT2D eigenvalue weighted by Gasteiger charge is -2.09. The lowest BCUT2D eigenvalue weighted by atomic mass is 10.3. The molecule has 16 heavy (non-hydrogen) atoms. The zero-order chi connectivity index (χ0) is 12.1. The monoisotopic (exact) mass is 226 g/mol. The maximum Gasteiger partial charge on any atom is 0.293 e. The van der Waals surface area contributed by atoms with Crippen LogP contribution in [0.4, 0.5) is 5.82 Å². The van der Waals surface area contributed by atoms with E-state index in [9.17, 15) is 9.59 Å². The summed E-state index contributed by atoms with van der Waals surface area (Å²) < 4.78 is 1.45. The molecule has 1 rings (SSSR count). The van der Waals surface area contributed by atoms with E-state index in [-0.39, 0.29) is 17.9 Å². The molecule has 0 bridgehead atoms. The summed E-state index contributed by atoms with van der Waals surface area (Å²) in [7, 11) is 0. The highest BCUT2D eigenvalue weighted by molar-refractivity contribution is 5.79. The fourth-order valence-electron chi connectivity index (χ4n) is 1.11. The molecule has 0 aliphatic rings. The average Bonchev–Trinajstić information content (AvgIpc) is 2.27. The molecule has 1 amide bonds. The molecule has 1 unspecified atom stereocenters. The molecule has 1 heterocycles. The molecule has 0 spiro atoms. The van der Waals surface area contributed by atoms with Gasteiger partial charge in [0, 0.05) is 18.9 Å². The van der Waals surface area contributed by atoms with E-state index < -0.39 is 12.0 Å². The van der Waals surface area contributed by atoms with Gasteiger partial charge in [-0.25, -0.2) is 4.98 Å². The number of primary amides is 1. The van der Waals surface area contributed by atoms with Crippen LogP contribution in [0.25, 0.3) is 0 Å². The van der Waals surface area contributed by atoms with Crippen molar-refractivity contribution in [1.29, 1.82) is 0 Å². The van der Waals surface area contributed by atoms with Crippen LogP contribution >= 0.6 is 0 Å². The lowest BCUT2D eigenvalue weighted by Crippen LogP contribution is -2.36. The van der Waals surface area contributed by atoms with Crippen molar-refractivity contribution in [1.82, 2.24) is 9.55 Å². The Hall–Kier alpha value is -1.89. The van der Waals surface area contributed by atoms with Gasteiger partial charge in [0.1, 0.15) is 6.10 Å². The van der Waals surface area contributed by atoms with E-state index in [0.717, 1.165) is 0 Å². The number of rotatable bonds is 5. The summed E-state index contributed by atoms with van der Waals surface area (Å²) in [6.45, 7) is 2.21. The van der Waals surface area contributed by atoms with Crippen molar-refractivity contribution >= 4 is 11.7 Å². The minimum absolute atomic E-state index is 0.0876. The number of amides is 1. The number of hydrogen-bond donors (Lipinski definition) is 3. The maximum atomic E-state index is 11.6. The molecule has 0 aliphatic heterocycles. The third kappa shape index (κ3) is 2.80. The van der Waals surface area contributed by atoms with Crippen molar-refractivity contribution in [3.8, 4) is 0 Å². The van der Waals surface area contributed by atoms with Gasteiger partial charge in [-0.05, 0) is 6.92 Å². The summed E-state index contributed by atoms with van der Waals surface area (Å²) in [5.74, 6) is -0.760. The topological polar surface area (TPSA) is 110 Å². The van der Waals surface area contributed by atoms with E-state index in [1.807, 2.05) is 6.92 Å². The van der Waals surface area contributed by atoms with Gasteiger partial charge in [0.2, 0.25) is 5.91 Å². The minimum Gasteiger partial charge on any atom is -0.381 e. The van der Waals surface area contributed by atoms with E-state index in [0.29, 0.717) is 6.54 Å². The van der Waals surface area contributed by atoms with Gasteiger partial charge in [-0.3, -0.25) is 9.59 Å². The van der Waals surface area contributed by atoms with Crippen molar-refractivity contribution in [3.63, 3.8) is 0 Å². The van der Waals surface area contributed by atoms with E-state index >= 15 is 0 Å². The molecule has 0 saturated heterocycles. The zero-order valence-electron chi connectivity index (χ0n) is 8.88. The third-order valence-electron chi connectivity index (χ3n) is 2.05. The molecule has 0 fully saturated rings. The standard InChI is InChI=1S/C9H14N4O3/c1-2-13-4-3-11-8(9(13)16)12-5-6(14)7(10)15/h3-4,6,14H,2,5H2,1H3,(H2,10,15)(H,11,12). The molecule has 1 aromatic rings. The van der Waals surface area contributed by atoms with Crippen LogP contribution in [-0.2, 0) is 11.3 Å². The van der Waals surface area contributed by atoms with Gasteiger partial charge < -0.3 is 20.7 Å². The molecule has 7 nitrogen and oxygen atoms in total. The number of nitrogens with two attached hydrogens (primary N) is 1. The Morgan fingerprint density at radius 3 is 3.00 bits per heavy atom. The van der Waals surface area contributed by atoms with Crippen LogP contribution in [0.15, 0.2) is 17.2 Å². The molecular weight excluding hydrogens is 212 g/mol. The van der Waals surface area contributed by atoms with Crippen molar-refractivity contribution in [2.75, 3.05) is 11.9 Å². The Bertz CT molecular complexity index is 429. The molecule has 88 valence electrons. The SMILES string of the molecule is CCn1ccnc(NCC(O)C(N)=O)c1=O. The second-order valence-corrected chi connectivity index (χ2v) is 3.17. The van der Waals surface area contributed by atoms with Crippen LogP contribution in [-0.4, -0.2) is 33.2 Å². The number of nitrogens with zero attached hydrogens (tertiary/aromatic N) is 2. The quantitative estimate of drug-likeness (QED) is 0.567. The van der Waals surface area contributed by atoms with Crippen LogP contribution in [0.3, 0.4) is 0 Å². The molecule has 7 heteroatoms. The minimum atomic E-state index is -1.34. The molecule has 0 aromatic carbocycles. The van der Waals surface area contributed by atoms with Crippen LogP contribution in [0.1, 0.15) is 6.92 Å². The van der Waals surface area contributed by atoms with Gasteiger partial charge in [-0.15, -0.1) is 0 Å². The number of nitrogens with one attached hydrogen (secondary N) is 1. The Morgan fingerprint density at radius 2 is 2.44 bits per heavy atom. The summed E-state index contributed by atoms with van der Waals surface area (Å²) in [6, 6.07) is 0. The van der Waals surface area contributed by atoms with E-state index in [1.165, 1.54) is 10.8 Å². The number of aliphatic hydroxyl groups excluding tert-OH is 1. The molecule has 0 saturated carbocycles. The molecule has 1 atom stereocenters. The Balaban J connectivity index is 2.75. The van der Waals surface area contributed by atoms with Crippen molar-refractivity contribution in [2.45, 2.75) is 19.6 Å². The van der Waals surface area contributed by atoms with Crippen LogP contribution in [0.2, 0.25) is 0 Å².